The third kappa shape index (κ3) is 6.91. The molecule has 1 aliphatic carbocycles. The van der Waals surface area contributed by atoms with Crippen LogP contribution >= 0.6 is 11.8 Å². The quantitative estimate of drug-likeness (QED) is 0.476. The summed E-state index contributed by atoms with van der Waals surface area (Å²) in [7, 11) is 1.71. The van der Waals surface area contributed by atoms with Gasteiger partial charge in [-0.1, -0.05) is 0 Å². The topological polar surface area (TPSA) is 47.6 Å². The number of nitrogens with one attached hydrogen (secondary N) is 1. The fourth-order valence-corrected chi connectivity index (χ4v) is 2.42. The molecular weight excluding hydrogens is 238 g/mol. The fraction of sp³-hybridized carbons (Fsp3) is 0.917. The van der Waals surface area contributed by atoms with Crippen LogP contribution in [0.15, 0.2) is 0 Å². The standard InChI is InChI=1S/C12H23NO3S/c1-3-16-12(14)11(13-10-5-6-10)9-17-8-4-7-15-2/h10-11,13H,3-9H2,1-2H3. The molecule has 17 heavy (non-hydrogen) atoms. The molecule has 0 aromatic rings. The summed E-state index contributed by atoms with van der Waals surface area (Å²) in [6, 6.07) is 0.388. The number of rotatable bonds is 10. The van der Waals surface area contributed by atoms with Crippen LogP contribution in [0.3, 0.4) is 0 Å². The van der Waals surface area contributed by atoms with Gasteiger partial charge in [0.2, 0.25) is 0 Å². The van der Waals surface area contributed by atoms with Crippen LogP contribution in [0.25, 0.3) is 0 Å². The van der Waals surface area contributed by atoms with Gasteiger partial charge < -0.3 is 14.8 Å². The van der Waals surface area contributed by atoms with Crippen LogP contribution in [0.1, 0.15) is 26.2 Å². The van der Waals surface area contributed by atoms with Gasteiger partial charge in [-0.3, -0.25) is 4.79 Å². The molecule has 1 atom stereocenters. The van der Waals surface area contributed by atoms with Crippen molar-refractivity contribution in [3.8, 4) is 0 Å². The lowest BCUT2D eigenvalue weighted by Crippen LogP contribution is -2.41. The van der Waals surface area contributed by atoms with Crippen LogP contribution in [-0.2, 0) is 14.3 Å². The van der Waals surface area contributed by atoms with E-state index in [1.54, 1.807) is 18.9 Å². The lowest BCUT2D eigenvalue weighted by molar-refractivity contribution is -0.145. The Balaban J connectivity index is 2.17. The van der Waals surface area contributed by atoms with E-state index in [1.165, 1.54) is 12.8 Å². The Labute approximate surface area is 108 Å². The second-order valence-electron chi connectivity index (χ2n) is 4.17. The molecule has 100 valence electrons. The van der Waals surface area contributed by atoms with Gasteiger partial charge in [0.25, 0.3) is 0 Å². The first-order valence-electron chi connectivity index (χ1n) is 6.27. The largest absolute Gasteiger partial charge is 0.465 e. The maximum atomic E-state index is 11.7. The fourth-order valence-electron chi connectivity index (χ4n) is 1.47. The van der Waals surface area contributed by atoms with Gasteiger partial charge in [0, 0.05) is 25.5 Å². The number of ether oxygens (including phenoxy) is 2. The van der Waals surface area contributed by atoms with Gasteiger partial charge >= 0.3 is 5.97 Å². The Bertz CT molecular complexity index is 222. The number of carbonyl (C=O) groups excluding carboxylic acids is 1. The zero-order chi connectivity index (χ0) is 12.5. The second kappa shape index (κ2) is 8.78. The van der Waals surface area contributed by atoms with E-state index in [2.05, 4.69) is 5.32 Å². The van der Waals surface area contributed by atoms with Crippen LogP contribution in [0.5, 0.6) is 0 Å². The summed E-state index contributed by atoms with van der Waals surface area (Å²) in [5.74, 6) is 1.70. The monoisotopic (exact) mass is 261 g/mol. The Morgan fingerprint density at radius 3 is 2.88 bits per heavy atom. The summed E-state index contributed by atoms with van der Waals surface area (Å²) in [6.07, 6.45) is 3.40. The Morgan fingerprint density at radius 2 is 2.29 bits per heavy atom. The van der Waals surface area contributed by atoms with E-state index < -0.39 is 0 Å². The highest BCUT2D eigenvalue weighted by Crippen LogP contribution is 2.20. The van der Waals surface area contributed by atoms with Gasteiger partial charge in [0.05, 0.1) is 6.61 Å². The van der Waals surface area contributed by atoms with Crippen molar-refractivity contribution in [3.05, 3.63) is 0 Å². The molecule has 5 heteroatoms. The van der Waals surface area contributed by atoms with Crippen LogP contribution in [0.4, 0.5) is 0 Å². The molecule has 1 N–H and O–H groups in total. The molecule has 0 amide bonds. The van der Waals surface area contributed by atoms with Crippen molar-refractivity contribution in [2.24, 2.45) is 0 Å². The minimum absolute atomic E-state index is 0.112. The van der Waals surface area contributed by atoms with Crippen LogP contribution < -0.4 is 5.32 Å². The van der Waals surface area contributed by atoms with Crippen molar-refractivity contribution >= 4 is 17.7 Å². The number of carbonyl (C=O) groups is 1. The molecule has 1 saturated carbocycles. The van der Waals surface area contributed by atoms with E-state index in [9.17, 15) is 4.79 Å². The summed E-state index contributed by atoms with van der Waals surface area (Å²) >= 11 is 1.78. The predicted molar refractivity (Wildman–Crippen MR) is 70.4 cm³/mol. The van der Waals surface area contributed by atoms with Gasteiger partial charge in [-0.15, -0.1) is 0 Å². The molecule has 0 heterocycles. The van der Waals surface area contributed by atoms with Crippen molar-refractivity contribution in [2.75, 3.05) is 31.8 Å². The van der Waals surface area contributed by atoms with Crippen LogP contribution in [0, 0.1) is 0 Å². The average Bonchev–Trinajstić information content (AvgIpc) is 3.11. The second-order valence-corrected chi connectivity index (χ2v) is 5.32. The summed E-state index contributed by atoms with van der Waals surface area (Å²) in [5.41, 5.74) is 0. The summed E-state index contributed by atoms with van der Waals surface area (Å²) in [4.78, 5) is 11.7. The number of hydrogen-bond acceptors (Lipinski definition) is 5. The van der Waals surface area contributed by atoms with Gasteiger partial charge in [-0.25, -0.2) is 0 Å². The highest BCUT2D eigenvalue weighted by Gasteiger charge is 2.28. The van der Waals surface area contributed by atoms with Crippen molar-refractivity contribution in [2.45, 2.75) is 38.3 Å². The van der Waals surface area contributed by atoms with Crippen molar-refractivity contribution in [3.63, 3.8) is 0 Å². The number of hydrogen-bond donors (Lipinski definition) is 1. The van der Waals surface area contributed by atoms with Crippen molar-refractivity contribution in [1.29, 1.82) is 0 Å². The number of esters is 1. The van der Waals surface area contributed by atoms with Gasteiger partial charge in [-0.2, -0.15) is 11.8 Å². The lowest BCUT2D eigenvalue weighted by Gasteiger charge is -2.16. The third-order valence-electron chi connectivity index (χ3n) is 2.51. The molecule has 1 fully saturated rings. The van der Waals surface area contributed by atoms with Gasteiger partial charge in [0.1, 0.15) is 6.04 Å². The van der Waals surface area contributed by atoms with E-state index in [1.807, 2.05) is 6.92 Å². The minimum Gasteiger partial charge on any atom is -0.465 e. The molecule has 0 aromatic heterocycles. The highest BCUT2D eigenvalue weighted by atomic mass is 32.2. The SMILES string of the molecule is CCOC(=O)C(CSCCCOC)NC1CC1. The van der Waals surface area contributed by atoms with E-state index in [0.29, 0.717) is 12.6 Å². The van der Waals surface area contributed by atoms with Gasteiger partial charge in [0.15, 0.2) is 0 Å². The first kappa shape index (κ1) is 14.8. The number of thioether (sulfide) groups is 1. The van der Waals surface area contributed by atoms with E-state index >= 15 is 0 Å². The zero-order valence-electron chi connectivity index (χ0n) is 10.7. The lowest BCUT2D eigenvalue weighted by atomic mass is 10.3. The maximum Gasteiger partial charge on any atom is 0.323 e. The van der Waals surface area contributed by atoms with Crippen LogP contribution in [0.2, 0.25) is 0 Å². The molecule has 1 aliphatic rings. The first-order chi connectivity index (χ1) is 8.27. The molecule has 4 nitrogen and oxygen atoms in total. The summed E-state index contributed by atoms with van der Waals surface area (Å²) in [5, 5.41) is 3.34. The average molecular weight is 261 g/mol. The molecule has 0 radical (unpaired) electrons. The smallest absolute Gasteiger partial charge is 0.323 e. The van der Waals surface area contributed by atoms with Crippen LogP contribution in [-0.4, -0.2) is 49.9 Å². The highest BCUT2D eigenvalue weighted by molar-refractivity contribution is 7.99. The Hall–Kier alpha value is -0.260. The van der Waals surface area contributed by atoms with E-state index in [0.717, 1.165) is 24.5 Å². The molecule has 0 spiro atoms. The number of methoxy groups -OCH3 is 1. The Kier molecular flexibility index (Phi) is 7.64. The van der Waals surface area contributed by atoms with E-state index in [-0.39, 0.29) is 12.0 Å². The predicted octanol–water partition coefficient (Wildman–Crippen LogP) is 1.44. The summed E-state index contributed by atoms with van der Waals surface area (Å²) < 4.78 is 10.1. The van der Waals surface area contributed by atoms with Gasteiger partial charge in [-0.05, 0) is 31.9 Å². The molecule has 1 unspecified atom stereocenters. The minimum atomic E-state index is -0.144. The molecule has 0 aliphatic heterocycles. The molecule has 1 rings (SSSR count). The summed E-state index contributed by atoms with van der Waals surface area (Å²) in [6.45, 7) is 3.08. The normalized spacial score (nSPS) is 16.8. The molecule has 0 aromatic carbocycles. The molecular formula is C12H23NO3S. The third-order valence-corrected chi connectivity index (χ3v) is 3.65. The molecule has 0 bridgehead atoms. The maximum absolute atomic E-state index is 11.7. The zero-order valence-corrected chi connectivity index (χ0v) is 11.6. The van der Waals surface area contributed by atoms with E-state index in [4.69, 9.17) is 9.47 Å². The first-order valence-corrected chi connectivity index (χ1v) is 7.42. The van der Waals surface area contributed by atoms with Crippen molar-refractivity contribution in [1.82, 2.24) is 5.32 Å². The Morgan fingerprint density at radius 1 is 1.53 bits per heavy atom. The molecule has 0 saturated heterocycles. The van der Waals surface area contributed by atoms with Crippen molar-refractivity contribution < 1.29 is 14.3 Å².